The first-order chi connectivity index (χ1) is 13.3. The first kappa shape index (κ1) is 25.1. The van der Waals surface area contributed by atoms with Crippen molar-refractivity contribution in [1.82, 2.24) is 20.9 Å². The van der Waals surface area contributed by atoms with Crippen molar-refractivity contribution in [2.24, 2.45) is 4.99 Å². The average molecular weight is 515 g/mol. The number of carbonyl (C=O) groups is 1. The number of ether oxygens (including phenoxy) is 1. The number of alkyl carbamates (subject to hydrolysis) is 1. The van der Waals surface area contributed by atoms with E-state index in [1.807, 2.05) is 33.8 Å². The molecule has 8 heteroatoms. The summed E-state index contributed by atoms with van der Waals surface area (Å²) in [6.45, 7) is 12.1. The maximum Gasteiger partial charge on any atom is 0.407 e. The van der Waals surface area contributed by atoms with E-state index in [2.05, 4.69) is 51.0 Å². The van der Waals surface area contributed by atoms with Gasteiger partial charge in [0.25, 0.3) is 0 Å². The largest absolute Gasteiger partial charge is 0.444 e. The van der Waals surface area contributed by atoms with E-state index in [1.165, 1.54) is 16.6 Å². The summed E-state index contributed by atoms with van der Waals surface area (Å²) < 4.78 is 5.22. The number of nitrogens with zero attached hydrogens (tertiary/aromatic N) is 1. The van der Waals surface area contributed by atoms with Crippen LogP contribution in [0.2, 0.25) is 0 Å². The van der Waals surface area contributed by atoms with Gasteiger partial charge in [-0.3, -0.25) is 4.99 Å². The monoisotopic (exact) mass is 515 g/mol. The predicted octanol–water partition coefficient (Wildman–Crippen LogP) is 3.72. The lowest BCUT2D eigenvalue weighted by atomic mass is 10.1. The summed E-state index contributed by atoms with van der Waals surface area (Å²) in [6, 6.07) is 8.34. The van der Waals surface area contributed by atoms with Crippen molar-refractivity contribution in [3.05, 3.63) is 35.5 Å². The number of aryl methyl sites for hydroxylation is 1. The number of H-pyrrole nitrogens is 1. The fourth-order valence-corrected chi connectivity index (χ4v) is 2.94. The molecular weight excluding hydrogens is 481 g/mol. The molecule has 0 saturated carbocycles. The van der Waals surface area contributed by atoms with Gasteiger partial charge in [0.05, 0.1) is 0 Å². The highest BCUT2D eigenvalue weighted by Gasteiger charge is 2.15. The number of fused-ring (bicyclic) bond motifs is 1. The molecule has 0 radical (unpaired) electrons. The number of nitrogens with one attached hydrogen (secondary N) is 4. The van der Waals surface area contributed by atoms with Crippen LogP contribution >= 0.6 is 24.0 Å². The molecule has 1 aromatic heterocycles. The Bertz CT molecular complexity index is 811. The quantitative estimate of drug-likeness (QED) is 0.196. The number of rotatable bonds is 7. The van der Waals surface area contributed by atoms with Crippen LogP contribution < -0.4 is 16.0 Å². The fourth-order valence-electron chi connectivity index (χ4n) is 2.94. The van der Waals surface area contributed by atoms with Crippen molar-refractivity contribution in [2.75, 3.05) is 26.2 Å². The number of hydrogen-bond donors (Lipinski definition) is 4. The molecule has 0 fully saturated rings. The standard InChI is InChI=1S/C21H33N5O2.HI/c1-6-22-19(24-13-14-25-20(27)28-21(3,4)5)23-12-11-16-15(2)26-18-10-8-7-9-17(16)18;/h7-10,26H,6,11-14H2,1-5H3,(H,25,27)(H2,22,23,24);1H. The van der Waals surface area contributed by atoms with Crippen LogP contribution in [0, 0.1) is 6.92 Å². The molecule has 4 N–H and O–H groups in total. The number of benzene rings is 1. The van der Waals surface area contributed by atoms with Crippen LogP contribution in [0.4, 0.5) is 4.79 Å². The van der Waals surface area contributed by atoms with E-state index in [0.717, 1.165) is 24.4 Å². The van der Waals surface area contributed by atoms with Crippen LogP contribution in [0.3, 0.4) is 0 Å². The number of halogens is 1. The highest BCUT2D eigenvalue weighted by molar-refractivity contribution is 14.0. The fraction of sp³-hybridized carbons (Fsp3) is 0.524. The number of para-hydroxylation sites is 1. The lowest BCUT2D eigenvalue weighted by molar-refractivity contribution is 0.0529. The summed E-state index contributed by atoms with van der Waals surface area (Å²) in [5.41, 5.74) is 3.17. The molecule has 0 saturated heterocycles. The minimum atomic E-state index is -0.492. The second kappa shape index (κ2) is 11.9. The van der Waals surface area contributed by atoms with Crippen LogP contribution in [-0.4, -0.2) is 48.8 Å². The van der Waals surface area contributed by atoms with Gasteiger partial charge in [-0.15, -0.1) is 24.0 Å². The molecule has 1 aromatic carbocycles. The van der Waals surface area contributed by atoms with E-state index in [1.54, 1.807) is 0 Å². The minimum Gasteiger partial charge on any atom is -0.444 e. The molecule has 0 aliphatic rings. The molecule has 2 rings (SSSR count). The van der Waals surface area contributed by atoms with Gasteiger partial charge < -0.3 is 25.7 Å². The van der Waals surface area contributed by atoms with E-state index >= 15 is 0 Å². The highest BCUT2D eigenvalue weighted by Crippen LogP contribution is 2.22. The maximum atomic E-state index is 11.7. The molecular formula is C21H34IN5O2. The molecule has 0 atom stereocenters. The van der Waals surface area contributed by atoms with Crippen LogP contribution in [0.1, 0.15) is 39.0 Å². The summed E-state index contributed by atoms with van der Waals surface area (Å²) in [4.78, 5) is 19.7. The van der Waals surface area contributed by atoms with Crippen molar-refractivity contribution in [2.45, 2.75) is 46.6 Å². The number of aromatic amines is 1. The van der Waals surface area contributed by atoms with Crippen molar-refractivity contribution in [3.63, 3.8) is 0 Å². The molecule has 0 bridgehead atoms. The lowest BCUT2D eigenvalue weighted by Crippen LogP contribution is -2.42. The Kier molecular flexibility index (Phi) is 10.3. The number of hydrogen-bond acceptors (Lipinski definition) is 3. The molecule has 7 nitrogen and oxygen atoms in total. The van der Waals surface area contributed by atoms with Crippen molar-refractivity contribution in [3.8, 4) is 0 Å². The van der Waals surface area contributed by atoms with Crippen LogP contribution in [0.25, 0.3) is 10.9 Å². The number of amides is 1. The Morgan fingerprint density at radius 3 is 2.52 bits per heavy atom. The zero-order valence-corrected chi connectivity index (χ0v) is 20.3. The summed E-state index contributed by atoms with van der Waals surface area (Å²) in [6.07, 6.45) is 0.453. The molecule has 0 aliphatic heterocycles. The molecule has 1 amide bonds. The topological polar surface area (TPSA) is 90.5 Å². The van der Waals surface area contributed by atoms with Gasteiger partial charge >= 0.3 is 6.09 Å². The zero-order chi connectivity index (χ0) is 20.6. The third-order valence-corrected chi connectivity index (χ3v) is 4.09. The van der Waals surface area contributed by atoms with E-state index < -0.39 is 11.7 Å². The first-order valence-corrected chi connectivity index (χ1v) is 9.85. The Morgan fingerprint density at radius 1 is 1.14 bits per heavy atom. The second-order valence-electron chi connectivity index (χ2n) is 7.64. The molecule has 2 aromatic rings. The molecule has 0 aliphatic carbocycles. The van der Waals surface area contributed by atoms with Crippen LogP contribution in [0.5, 0.6) is 0 Å². The second-order valence-corrected chi connectivity index (χ2v) is 7.64. The van der Waals surface area contributed by atoms with E-state index in [0.29, 0.717) is 19.6 Å². The van der Waals surface area contributed by atoms with Crippen molar-refractivity contribution < 1.29 is 9.53 Å². The van der Waals surface area contributed by atoms with Gasteiger partial charge in [0.2, 0.25) is 0 Å². The maximum absolute atomic E-state index is 11.7. The third kappa shape index (κ3) is 8.51. The van der Waals surface area contributed by atoms with Crippen LogP contribution in [-0.2, 0) is 11.2 Å². The summed E-state index contributed by atoms with van der Waals surface area (Å²) in [7, 11) is 0. The Hall–Kier alpha value is -1.97. The smallest absolute Gasteiger partial charge is 0.407 e. The molecule has 162 valence electrons. The molecule has 0 unspecified atom stereocenters. The first-order valence-electron chi connectivity index (χ1n) is 9.85. The van der Waals surface area contributed by atoms with Crippen molar-refractivity contribution >= 4 is 46.9 Å². The zero-order valence-electron chi connectivity index (χ0n) is 18.0. The molecule has 1 heterocycles. The van der Waals surface area contributed by atoms with Gasteiger partial charge in [-0.05, 0) is 52.7 Å². The number of aliphatic imine (C=N–C) groups is 1. The van der Waals surface area contributed by atoms with Gasteiger partial charge in [0, 0.05) is 42.8 Å². The number of carbonyl (C=O) groups excluding carboxylic acids is 1. The summed E-state index contributed by atoms with van der Waals surface area (Å²) >= 11 is 0. The minimum absolute atomic E-state index is 0. The third-order valence-electron chi connectivity index (χ3n) is 4.09. The Balaban J connectivity index is 0.00000420. The van der Waals surface area contributed by atoms with Gasteiger partial charge in [-0.25, -0.2) is 4.79 Å². The van der Waals surface area contributed by atoms with Crippen LogP contribution in [0.15, 0.2) is 29.3 Å². The van der Waals surface area contributed by atoms with Gasteiger partial charge in [-0.1, -0.05) is 18.2 Å². The number of guanidine groups is 1. The summed E-state index contributed by atoms with van der Waals surface area (Å²) in [5, 5.41) is 10.5. The number of aromatic nitrogens is 1. The average Bonchev–Trinajstić information content (AvgIpc) is 2.92. The normalized spacial score (nSPS) is 11.7. The summed E-state index contributed by atoms with van der Waals surface area (Å²) in [5.74, 6) is 0.742. The SMILES string of the molecule is CCNC(=NCCc1c(C)[nH]c2ccccc12)NCCNC(=O)OC(C)(C)C.I. The van der Waals surface area contributed by atoms with E-state index in [9.17, 15) is 4.79 Å². The molecule has 0 spiro atoms. The Morgan fingerprint density at radius 2 is 1.83 bits per heavy atom. The highest BCUT2D eigenvalue weighted by atomic mass is 127. The molecule has 29 heavy (non-hydrogen) atoms. The predicted molar refractivity (Wildman–Crippen MR) is 130 cm³/mol. The van der Waals surface area contributed by atoms with E-state index in [4.69, 9.17) is 4.74 Å². The van der Waals surface area contributed by atoms with Gasteiger partial charge in [0.1, 0.15) is 5.60 Å². The van der Waals surface area contributed by atoms with E-state index in [-0.39, 0.29) is 24.0 Å². The Labute approximate surface area is 190 Å². The van der Waals surface area contributed by atoms with Crippen molar-refractivity contribution in [1.29, 1.82) is 0 Å². The lowest BCUT2D eigenvalue weighted by Gasteiger charge is -2.19. The van der Waals surface area contributed by atoms with Gasteiger partial charge in [0.15, 0.2) is 5.96 Å². The van der Waals surface area contributed by atoms with Gasteiger partial charge in [-0.2, -0.15) is 0 Å².